The van der Waals surface area contributed by atoms with Gasteiger partial charge >= 0.3 is 0 Å². The van der Waals surface area contributed by atoms with E-state index in [2.05, 4.69) is 194 Å². The van der Waals surface area contributed by atoms with Gasteiger partial charge in [0.15, 0.2) is 6.23 Å². The Balaban J connectivity index is 0.827. The van der Waals surface area contributed by atoms with Crippen molar-refractivity contribution in [3.63, 3.8) is 0 Å². The van der Waals surface area contributed by atoms with Crippen LogP contribution in [0.5, 0.6) is 5.88 Å². The van der Waals surface area contributed by atoms with Crippen molar-refractivity contribution in [2.45, 2.75) is 19.1 Å². The maximum Gasteiger partial charge on any atom is 0.247 e. The minimum Gasteiger partial charge on any atom is -0.448 e. The van der Waals surface area contributed by atoms with Crippen LogP contribution in [-0.2, 0) is 6.42 Å². The van der Waals surface area contributed by atoms with Crippen molar-refractivity contribution in [3.05, 3.63) is 260 Å². The third-order valence-electron chi connectivity index (χ3n) is 14.1. The largest absolute Gasteiger partial charge is 0.448 e. The summed E-state index contributed by atoms with van der Waals surface area (Å²) in [5.41, 5.74) is 19.6. The number of hydrogen-bond donors (Lipinski definition) is 1. The first kappa shape index (κ1) is 44.2. The van der Waals surface area contributed by atoms with Gasteiger partial charge in [0.25, 0.3) is 0 Å². The van der Waals surface area contributed by atoms with E-state index in [4.69, 9.17) is 9.15 Å². The van der Waals surface area contributed by atoms with E-state index in [1.54, 1.807) is 18.5 Å². The summed E-state index contributed by atoms with van der Waals surface area (Å²) in [4.78, 5) is 13.2. The Hall–Kier alpha value is -9.79. The Bertz CT molecular complexity index is 4100. The molecule has 6 heterocycles. The summed E-state index contributed by atoms with van der Waals surface area (Å²) in [6.45, 7) is 8.04. The molecule has 6 aromatic carbocycles. The standard InChI is InChI=1S/C66H48N6O2/c1-3-5-6-10-38-71-59-32-28-49(40-53(59)54-41-50(29-33-60(54)71)46-24-26-47(27-25-46)64-70-58-18-13-37-68-66(58)74-64)44-20-22-45(23-21-44)51-31-35-62-56(42-51)55-39-48(30-34-61(55)72(62)52-15-8-7-9-16-52)43(4-2)14-11-19-63-69-57-17-12-36-67-65(57)73-63/h3-27,29-31,33-42,64,70H,1-2,28,32H2/b6-5-,19-11+,38-10+,43-14+. The van der Waals surface area contributed by atoms with Crippen LogP contribution in [0.25, 0.3) is 101 Å². The number of para-hydroxylation sites is 1. The summed E-state index contributed by atoms with van der Waals surface area (Å²) in [5, 5.41) is 7.01. The minimum atomic E-state index is -0.274. The van der Waals surface area contributed by atoms with Crippen LogP contribution in [-0.4, -0.2) is 24.1 Å². The Morgan fingerprint density at radius 2 is 1.35 bits per heavy atom. The zero-order valence-corrected chi connectivity index (χ0v) is 40.4. The maximum absolute atomic E-state index is 6.11. The number of aromatic nitrogens is 5. The molecule has 1 unspecified atom stereocenters. The van der Waals surface area contributed by atoms with Crippen molar-refractivity contribution < 1.29 is 9.15 Å². The highest BCUT2D eigenvalue weighted by Crippen LogP contribution is 2.42. The molecule has 0 bridgehead atoms. The molecule has 0 saturated carbocycles. The van der Waals surface area contributed by atoms with Gasteiger partial charge in [-0.1, -0.05) is 135 Å². The van der Waals surface area contributed by atoms with Crippen LogP contribution >= 0.6 is 0 Å². The lowest BCUT2D eigenvalue weighted by molar-refractivity contribution is 0.251. The molecule has 74 heavy (non-hydrogen) atoms. The summed E-state index contributed by atoms with van der Waals surface area (Å²) in [7, 11) is 0. The number of ether oxygens (including phenoxy) is 1. The van der Waals surface area contributed by atoms with Gasteiger partial charge in [-0.2, -0.15) is 0 Å². The van der Waals surface area contributed by atoms with Crippen LogP contribution < -0.4 is 10.1 Å². The van der Waals surface area contributed by atoms with E-state index in [1.165, 1.54) is 38.7 Å². The summed E-state index contributed by atoms with van der Waals surface area (Å²) in [6.07, 6.45) is 25.2. The van der Waals surface area contributed by atoms with Gasteiger partial charge in [0.2, 0.25) is 17.5 Å². The second-order valence-corrected chi connectivity index (χ2v) is 18.5. The van der Waals surface area contributed by atoms with Crippen molar-refractivity contribution >= 4 is 79.1 Å². The molecule has 1 aliphatic heterocycles. The third kappa shape index (κ3) is 8.05. The minimum absolute atomic E-state index is 0.274. The number of pyridine rings is 2. The molecule has 0 saturated heterocycles. The number of fused-ring (bicyclic) bond motifs is 8. The normalized spacial score (nSPS) is 14.6. The monoisotopic (exact) mass is 956 g/mol. The number of oxazole rings is 1. The maximum atomic E-state index is 6.11. The van der Waals surface area contributed by atoms with E-state index in [0.29, 0.717) is 17.5 Å². The van der Waals surface area contributed by atoms with Crippen molar-refractivity contribution in [1.82, 2.24) is 24.1 Å². The zero-order valence-electron chi connectivity index (χ0n) is 40.4. The molecule has 0 fully saturated rings. The number of allylic oxidation sites excluding steroid dienone is 9. The van der Waals surface area contributed by atoms with E-state index in [-0.39, 0.29) is 6.23 Å². The molecular weight excluding hydrogens is 909 g/mol. The average Bonchev–Trinajstić information content (AvgIpc) is 4.24. The lowest BCUT2D eigenvalue weighted by Gasteiger charge is -2.16. The van der Waals surface area contributed by atoms with Gasteiger partial charge in [0.1, 0.15) is 11.2 Å². The molecular formula is C66H48N6O2. The van der Waals surface area contributed by atoms with E-state index >= 15 is 0 Å². The topological polar surface area (TPSA) is 82.9 Å². The Labute approximate surface area is 428 Å². The van der Waals surface area contributed by atoms with Crippen LogP contribution in [0.4, 0.5) is 5.69 Å². The van der Waals surface area contributed by atoms with Crippen molar-refractivity contribution in [1.29, 1.82) is 0 Å². The molecule has 8 heteroatoms. The highest BCUT2D eigenvalue weighted by molar-refractivity contribution is 6.11. The smallest absolute Gasteiger partial charge is 0.247 e. The number of anilines is 1. The zero-order chi connectivity index (χ0) is 49.5. The third-order valence-corrected chi connectivity index (χ3v) is 14.1. The lowest BCUT2D eigenvalue weighted by Crippen LogP contribution is -2.09. The molecule has 5 aromatic heterocycles. The molecule has 8 nitrogen and oxygen atoms in total. The van der Waals surface area contributed by atoms with Gasteiger partial charge in [-0.15, -0.1) is 0 Å². The van der Waals surface area contributed by atoms with Crippen LogP contribution in [0, 0.1) is 0 Å². The average molecular weight is 957 g/mol. The van der Waals surface area contributed by atoms with Crippen molar-refractivity contribution in [3.8, 4) is 33.8 Å². The van der Waals surface area contributed by atoms with Gasteiger partial charge in [-0.3, -0.25) is 0 Å². The molecule has 2 aliphatic rings. The Kier molecular flexibility index (Phi) is 11.2. The summed E-state index contributed by atoms with van der Waals surface area (Å²) in [5.74, 6) is 1.13. The van der Waals surface area contributed by atoms with Gasteiger partial charge < -0.3 is 23.6 Å². The highest BCUT2D eigenvalue weighted by Gasteiger charge is 2.25. The van der Waals surface area contributed by atoms with E-state index < -0.39 is 0 Å². The Morgan fingerprint density at radius 1 is 0.635 bits per heavy atom. The van der Waals surface area contributed by atoms with Gasteiger partial charge in [-0.25, -0.2) is 15.0 Å². The number of rotatable bonds is 12. The summed E-state index contributed by atoms with van der Waals surface area (Å²) < 4.78 is 16.6. The Morgan fingerprint density at radius 3 is 2.14 bits per heavy atom. The van der Waals surface area contributed by atoms with Gasteiger partial charge in [-0.05, 0) is 142 Å². The molecule has 354 valence electrons. The van der Waals surface area contributed by atoms with Gasteiger partial charge in [0, 0.05) is 63.3 Å². The predicted molar refractivity (Wildman–Crippen MR) is 305 cm³/mol. The van der Waals surface area contributed by atoms with Crippen molar-refractivity contribution in [2.75, 3.05) is 5.32 Å². The predicted octanol–water partition coefficient (Wildman–Crippen LogP) is 16.5. The van der Waals surface area contributed by atoms with E-state index in [9.17, 15) is 0 Å². The van der Waals surface area contributed by atoms with Crippen LogP contribution in [0.15, 0.2) is 230 Å². The second kappa shape index (κ2) is 18.8. The number of benzene rings is 6. The van der Waals surface area contributed by atoms with Crippen LogP contribution in [0.3, 0.4) is 0 Å². The number of nitrogens with zero attached hydrogens (tertiary/aromatic N) is 5. The fraction of sp³-hybridized carbons (Fsp3) is 0.0455. The number of nitrogens with one attached hydrogen (secondary N) is 1. The fourth-order valence-electron chi connectivity index (χ4n) is 10.5. The SMILES string of the molecule is C=C/C=C\C=C\n1c2c(c3cc(-c4ccc(C5Nc6cccnc6O5)cc4)ccc31)C=C(c1ccc(-c3ccc4c(c3)c3cc(/C(C=C)=C/C=C/c5nc6cccnc6o5)ccc3n4-c3ccccc3)cc1)CC2. The molecule has 11 aromatic rings. The molecule has 1 N–H and O–H groups in total. The molecule has 1 atom stereocenters. The van der Waals surface area contributed by atoms with E-state index in [0.717, 1.165) is 85.1 Å². The van der Waals surface area contributed by atoms with Crippen LogP contribution in [0.2, 0.25) is 0 Å². The first-order valence-electron chi connectivity index (χ1n) is 24.9. The quantitative estimate of drug-likeness (QED) is 0.123. The summed E-state index contributed by atoms with van der Waals surface area (Å²) >= 11 is 0. The molecule has 0 amide bonds. The first-order valence-corrected chi connectivity index (χ1v) is 24.9. The van der Waals surface area contributed by atoms with Gasteiger partial charge in [0.05, 0.1) is 16.6 Å². The molecule has 1 aliphatic carbocycles. The van der Waals surface area contributed by atoms with E-state index in [1.807, 2.05) is 60.7 Å². The molecule has 0 spiro atoms. The van der Waals surface area contributed by atoms with Crippen molar-refractivity contribution in [2.24, 2.45) is 0 Å². The molecule has 13 rings (SSSR count). The summed E-state index contributed by atoms with van der Waals surface area (Å²) in [6, 6.07) is 56.3. The number of hydrogen-bond acceptors (Lipinski definition) is 6. The first-order chi connectivity index (χ1) is 36.6. The lowest BCUT2D eigenvalue weighted by atomic mass is 9.90. The fourth-order valence-corrected chi connectivity index (χ4v) is 10.5. The van der Waals surface area contributed by atoms with Crippen LogP contribution in [0.1, 0.15) is 46.5 Å². The highest BCUT2D eigenvalue weighted by atomic mass is 16.5. The second-order valence-electron chi connectivity index (χ2n) is 18.5. The molecule has 0 radical (unpaired) electrons.